The standard InChI is InChI=1S/C14H17F3N2O2/c15-14(16,17)13(21)19-11-3-1-2-9(6-11)7-18-8-12(20)10-4-5-10/h1-3,6,10,12,18,20H,4-5,7-8H2,(H,19,21). The molecule has 3 N–H and O–H groups in total. The SMILES string of the molecule is O=C(Nc1cccc(CNCC(O)C2CC2)c1)C(F)(F)F. The molecule has 0 aromatic heterocycles. The summed E-state index contributed by atoms with van der Waals surface area (Å²) in [5.74, 6) is -1.62. The smallest absolute Gasteiger partial charge is 0.392 e. The minimum Gasteiger partial charge on any atom is -0.392 e. The number of amides is 1. The van der Waals surface area contributed by atoms with E-state index in [4.69, 9.17) is 0 Å². The fraction of sp³-hybridized carbons (Fsp3) is 0.500. The second kappa shape index (κ2) is 6.44. The van der Waals surface area contributed by atoms with Crippen LogP contribution in [0.4, 0.5) is 18.9 Å². The molecule has 0 heterocycles. The topological polar surface area (TPSA) is 61.4 Å². The van der Waals surface area contributed by atoms with Gasteiger partial charge < -0.3 is 15.7 Å². The molecule has 4 nitrogen and oxygen atoms in total. The first-order valence-corrected chi connectivity index (χ1v) is 6.72. The Kier molecular flexibility index (Phi) is 4.84. The van der Waals surface area contributed by atoms with Crippen molar-refractivity contribution >= 4 is 11.6 Å². The Morgan fingerprint density at radius 3 is 2.71 bits per heavy atom. The molecule has 0 spiro atoms. The fourth-order valence-corrected chi connectivity index (χ4v) is 1.97. The molecule has 1 aliphatic rings. The van der Waals surface area contributed by atoms with Gasteiger partial charge in [0.2, 0.25) is 0 Å². The molecule has 1 aromatic rings. The van der Waals surface area contributed by atoms with E-state index in [1.54, 1.807) is 12.1 Å². The molecule has 1 fully saturated rings. The first kappa shape index (κ1) is 15.8. The third-order valence-corrected chi connectivity index (χ3v) is 3.29. The highest BCUT2D eigenvalue weighted by atomic mass is 19.4. The van der Waals surface area contributed by atoms with Crippen LogP contribution in [0.5, 0.6) is 0 Å². The maximum Gasteiger partial charge on any atom is 0.471 e. The summed E-state index contributed by atoms with van der Waals surface area (Å²) in [6.07, 6.45) is -3.19. The van der Waals surface area contributed by atoms with Crippen molar-refractivity contribution in [1.82, 2.24) is 5.32 Å². The summed E-state index contributed by atoms with van der Waals surface area (Å²) < 4.78 is 36.5. The van der Waals surface area contributed by atoms with Crippen LogP contribution < -0.4 is 10.6 Å². The number of nitrogens with one attached hydrogen (secondary N) is 2. The van der Waals surface area contributed by atoms with Gasteiger partial charge in [-0.1, -0.05) is 12.1 Å². The molecule has 0 bridgehead atoms. The molecule has 0 aliphatic heterocycles. The van der Waals surface area contributed by atoms with Crippen LogP contribution in [0.25, 0.3) is 0 Å². The van der Waals surface area contributed by atoms with Crippen molar-refractivity contribution in [3.05, 3.63) is 29.8 Å². The Bertz CT molecular complexity index is 501. The van der Waals surface area contributed by atoms with Crippen LogP contribution in [-0.4, -0.2) is 29.8 Å². The maximum absolute atomic E-state index is 12.2. The van der Waals surface area contributed by atoms with Gasteiger partial charge in [0, 0.05) is 18.8 Å². The average molecular weight is 302 g/mol. The van der Waals surface area contributed by atoms with Crippen LogP contribution in [0.1, 0.15) is 18.4 Å². The summed E-state index contributed by atoms with van der Waals surface area (Å²) in [5, 5.41) is 14.5. The predicted molar refractivity (Wildman–Crippen MR) is 71.6 cm³/mol. The van der Waals surface area contributed by atoms with Gasteiger partial charge in [0.25, 0.3) is 0 Å². The average Bonchev–Trinajstić information content (AvgIpc) is 3.22. The van der Waals surface area contributed by atoms with Gasteiger partial charge in [0.15, 0.2) is 0 Å². The predicted octanol–water partition coefficient (Wildman–Crippen LogP) is 2.05. The Labute approximate surface area is 120 Å². The van der Waals surface area contributed by atoms with Crippen LogP contribution in [0.3, 0.4) is 0 Å². The lowest BCUT2D eigenvalue weighted by molar-refractivity contribution is -0.167. The molecular weight excluding hydrogens is 285 g/mol. The van der Waals surface area contributed by atoms with E-state index in [2.05, 4.69) is 5.32 Å². The highest BCUT2D eigenvalue weighted by Crippen LogP contribution is 2.32. The van der Waals surface area contributed by atoms with Crippen molar-refractivity contribution < 1.29 is 23.1 Å². The number of hydrogen-bond donors (Lipinski definition) is 3. The zero-order valence-corrected chi connectivity index (χ0v) is 11.3. The number of halogens is 3. The van der Waals surface area contributed by atoms with E-state index in [9.17, 15) is 23.1 Å². The number of aliphatic hydroxyl groups excluding tert-OH is 1. The van der Waals surface area contributed by atoms with Gasteiger partial charge in [-0.25, -0.2) is 0 Å². The van der Waals surface area contributed by atoms with Crippen LogP contribution >= 0.6 is 0 Å². The van der Waals surface area contributed by atoms with Crippen molar-refractivity contribution in [3.8, 4) is 0 Å². The van der Waals surface area contributed by atoms with Gasteiger partial charge in [-0.15, -0.1) is 0 Å². The van der Waals surface area contributed by atoms with E-state index in [1.165, 1.54) is 12.1 Å². The van der Waals surface area contributed by atoms with Gasteiger partial charge in [-0.05, 0) is 36.5 Å². The van der Waals surface area contributed by atoms with Crippen molar-refractivity contribution in [1.29, 1.82) is 0 Å². The first-order chi connectivity index (χ1) is 9.86. The largest absolute Gasteiger partial charge is 0.471 e. The summed E-state index contributed by atoms with van der Waals surface area (Å²) >= 11 is 0. The molecule has 1 saturated carbocycles. The van der Waals surface area contributed by atoms with Crippen LogP contribution in [0.2, 0.25) is 0 Å². The third kappa shape index (κ3) is 5.02. The van der Waals surface area contributed by atoms with Gasteiger partial charge >= 0.3 is 12.1 Å². The van der Waals surface area contributed by atoms with Gasteiger partial charge in [0.05, 0.1) is 6.10 Å². The number of carbonyl (C=O) groups is 1. The third-order valence-electron chi connectivity index (χ3n) is 3.29. The number of carbonyl (C=O) groups excluding carboxylic acids is 1. The lowest BCUT2D eigenvalue weighted by atomic mass is 10.2. The Morgan fingerprint density at radius 2 is 2.10 bits per heavy atom. The Hall–Kier alpha value is -1.60. The molecule has 21 heavy (non-hydrogen) atoms. The number of benzene rings is 1. The number of aliphatic hydroxyl groups is 1. The molecule has 116 valence electrons. The molecule has 0 radical (unpaired) electrons. The van der Waals surface area contributed by atoms with Crippen molar-refractivity contribution in [2.75, 3.05) is 11.9 Å². The second-order valence-corrected chi connectivity index (χ2v) is 5.19. The Morgan fingerprint density at radius 1 is 1.38 bits per heavy atom. The molecule has 0 saturated heterocycles. The maximum atomic E-state index is 12.2. The minimum absolute atomic E-state index is 0.0966. The summed E-state index contributed by atoms with van der Waals surface area (Å²) in [6, 6.07) is 6.17. The van der Waals surface area contributed by atoms with E-state index >= 15 is 0 Å². The lowest BCUT2D eigenvalue weighted by Gasteiger charge is -2.12. The minimum atomic E-state index is -4.90. The van der Waals surface area contributed by atoms with Crippen LogP contribution in [0, 0.1) is 5.92 Å². The molecule has 1 aromatic carbocycles. The van der Waals surface area contributed by atoms with Crippen molar-refractivity contribution in [3.63, 3.8) is 0 Å². The first-order valence-electron chi connectivity index (χ1n) is 6.72. The Balaban J connectivity index is 1.84. The van der Waals surface area contributed by atoms with Crippen molar-refractivity contribution in [2.45, 2.75) is 31.7 Å². The molecule has 1 amide bonds. The van der Waals surface area contributed by atoms with E-state index in [1.807, 2.05) is 5.32 Å². The summed E-state index contributed by atoms with van der Waals surface area (Å²) in [7, 11) is 0. The number of hydrogen-bond acceptors (Lipinski definition) is 3. The highest BCUT2D eigenvalue weighted by molar-refractivity contribution is 5.94. The highest BCUT2D eigenvalue weighted by Gasteiger charge is 2.38. The number of rotatable bonds is 6. The van der Waals surface area contributed by atoms with Gasteiger partial charge in [-0.3, -0.25) is 4.79 Å². The number of anilines is 1. The van der Waals surface area contributed by atoms with E-state index in [0.29, 0.717) is 19.0 Å². The molecule has 1 unspecified atom stereocenters. The zero-order chi connectivity index (χ0) is 15.5. The van der Waals surface area contributed by atoms with Gasteiger partial charge in [0.1, 0.15) is 0 Å². The molecule has 2 rings (SSSR count). The molecule has 7 heteroatoms. The summed E-state index contributed by atoms with van der Waals surface area (Å²) in [5.41, 5.74) is 0.831. The van der Waals surface area contributed by atoms with Gasteiger partial charge in [-0.2, -0.15) is 13.2 Å². The normalized spacial score (nSPS) is 16.6. The molecule has 1 aliphatic carbocycles. The fourth-order valence-electron chi connectivity index (χ4n) is 1.97. The molecule has 1 atom stereocenters. The van der Waals surface area contributed by atoms with Crippen LogP contribution in [0.15, 0.2) is 24.3 Å². The number of alkyl halides is 3. The lowest BCUT2D eigenvalue weighted by Crippen LogP contribution is -2.30. The van der Waals surface area contributed by atoms with Crippen LogP contribution in [-0.2, 0) is 11.3 Å². The summed E-state index contributed by atoms with van der Waals surface area (Å²) in [6.45, 7) is 0.864. The zero-order valence-electron chi connectivity index (χ0n) is 11.3. The summed E-state index contributed by atoms with van der Waals surface area (Å²) in [4.78, 5) is 10.8. The quantitative estimate of drug-likeness (QED) is 0.753. The van der Waals surface area contributed by atoms with E-state index in [0.717, 1.165) is 18.4 Å². The van der Waals surface area contributed by atoms with E-state index in [-0.39, 0.29) is 11.8 Å². The monoisotopic (exact) mass is 302 g/mol. The van der Waals surface area contributed by atoms with Crippen molar-refractivity contribution in [2.24, 2.45) is 5.92 Å². The second-order valence-electron chi connectivity index (χ2n) is 5.19. The molecular formula is C14H17F3N2O2. The van der Waals surface area contributed by atoms with E-state index < -0.39 is 12.1 Å².